The molecule has 4 nitrogen and oxygen atoms in total. The summed E-state index contributed by atoms with van der Waals surface area (Å²) in [6, 6.07) is 0. The molecule has 1 aliphatic rings. The summed E-state index contributed by atoms with van der Waals surface area (Å²) in [6.45, 7) is 7.22. The fourth-order valence-electron chi connectivity index (χ4n) is 2.20. The smallest absolute Gasteiger partial charge is 0.0474 e. The third-order valence-electron chi connectivity index (χ3n) is 3.28. The number of nitrogens with zero attached hydrogens (tertiary/aromatic N) is 1. The van der Waals surface area contributed by atoms with Crippen LogP contribution < -0.4 is 5.32 Å². The van der Waals surface area contributed by atoms with Gasteiger partial charge in [-0.15, -0.1) is 0 Å². The van der Waals surface area contributed by atoms with Crippen LogP contribution in [0.1, 0.15) is 19.3 Å². The van der Waals surface area contributed by atoms with Gasteiger partial charge in [-0.3, -0.25) is 0 Å². The summed E-state index contributed by atoms with van der Waals surface area (Å²) in [7, 11) is 3.97. The van der Waals surface area contributed by atoms with Crippen LogP contribution in [0.2, 0.25) is 0 Å². The summed E-state index contributed by atoms with van der Waals surface area (Å²) >= 11 is 0. The zero-order valence-corrected chi connectivity index (χ0v) is 11.4. The Morgan fingerprint density at radius 2 is 2.06 bits per heavy atom. The van der Waals surface area contributed by atoms with Gasteiger partial charge in [0.1, 0.15) is 0 Å². The molecule has 1 rings (SSSR count). The molecule has 102 valence electrons. The summed E-state index contributed by atoms with van der Waals surface area (Å²) in [6.07, 6.45) is 3.55. The lowest BCUT2D eigenvalue weighted by Crippen LogP contribution is -2.34. The van der Waals surface area contributed by atoms with Gasteiger partial charge in [-0.1, -0.05) is 0 Å². The zero-order chi connectivity index (χ0) is 12.3. The lowest BCUT2D eigenvalue weighted by molar-refractivity contribution is 0.0558. The molecule has 0 atom stereocenters. The summed E-state index contributed by atoms with van der Waals surface area (Å²) in [5, 5.41) is 3.44. The lowest BCUT2D eigenvalue weighted by atomic mass is 10.00. The molecule has 1 saturated heterocycles. The van der Waals surface area contributed by atoms with Gasteiger partial charge in [-0.05, 0) is 38.8 Å². The van der Waals surface area contributed by atoms with E-state index in [1.54, 1.807) is 7.11 Å². The molecule has 0 aromatic rings. The van der Waals surface area contributed by atoms with Gasteiger partial charge in [0.15, 0.2) is 0 Å². The molecule has 0 aliphatic carbocycles. The minimum Gasteiger partial charge on any atom is -0.385 e. The molecule has 17 heavy (non-hydrogen) atoms. The van der Waals surface area contributed by atoms with Gasteiger partial charge < -0.3 is 19.7 Å². The molecule has 0 spiro atoms. The minimum atomic E-state index is 0.835. The summed E-state index contributed by atoms with van der Waals surface area (Å²) < 4.78 is 10.4. The van der Waals surface area contributed by atoms with E-state index in [2.05, 4.69) is 17.3 Å². The van der Waals surface area contributed by atoms with Gasteiger partial charge in [0.25, 0.3) is 0 Å². The van der Waals surface area contributed by atoms with Crippen molar-refractivity contribution in [2.75, 3.05) is 60.2 Å². The van der Waals surface area contributed by atoms with E-state index >= 15 is 0 Å². The van der Waals surface area contributed by atoms with Crippen molar-refractivity contribution in [3.8, 4) is 0 Å². The van der Waals surface area contributed by atoms with E-state index in [1.807, 2.05) is 0 Å². The topological polar surface area (TPSA) is 33.7 Å². The fraction of sp³-hybridized carbons (Fsp3) is 1.00. The van der Waals surface area contributed by atoms with Crippen molar-refractivity contribution in [2.45, 2.75) is 19.3 Å². The quantitative estimate of drug-likeness (QED) is 0.613. The van der Waals surface area contributed by atoms with Crippen molar-refractivity contribution in [1.29, 1.82) is 0 Å². The van der Waals surface area contributed by atoms with Crippen LogP contribution >= 0.6 is 0 Å². The van der Waals surface area contributed by atoms with E-state index in [0.29, 0.717) is 0 Å². The maximum atomic E-state index is 5.37. The first-order valence-corrected chi connectivity index (χ1v) is 6.79. The third kappa shape index (κ3) is 7.71. The van der Waals surface area contributed by atoms with Crippen LogP contribution in [0.5, 0.6) is 0 Å². The van der Waals surface area contributed by atoms with Crippen LogP contribution in [0.3, 0.4) is 0 Å². The Hall–Kier alpha value is -0.160. The maximum absolute atomic E-state index is 5.37. The molecule has 0 aromatic heterocycles. The van der Waals surface area contributed by atoms with Crippen LogP contribution in [-0.2, 0) is 9.47 Å². The first-order valence-electron chi connectivity index (χ1n) is 6.79. The number of rotatable bonds is 9. The summed E-state index contributed by atoms with van der Waals surface area (Å²) in [4.78, 5) is 2.43. The second-order valence-corrected chi connectivity index (χ2v) is 4.91. The Bertz CT molecular complexity index is 173. The molecule has 0 amide bonds. The van der Waals surface area contributed by atoms with Gasteiger partial charge in [0.2, 0.25) is 0 Å². The highest BCUT2D eigenvalue weighted by Gasteiger charge is 2.15. The minimum absolute atomic E-state index is 0.835. The largest absolute Gasteiger partial charge is 0.385 e. The van der Waals surface area contributed by atoms with Gasteiger partial charge in [-0.25, -0.2) is 0 Å². The molecular weight excluding hydrogens is 216 g/mol. The van der Waals surface area contributed by atoms with Crippen molar-refractivity contribution in [2.24, 2.45) is 5.92 Å². The second kappa shape index (κ2) is 9.83. The van der Waals surface area contributed by atoms with Gasteiger partial charge in [-0.2, -0.15) is 0 Å². The van der Waals surface area contributed by atoms with E-state index in [4.69, 9.17) is 9.47 Å². The maximum Gasteiger partial charge on any atom is 0.0474 e. The molecule has 0 radical (unpaired) electrons. The number of likely N-dealkylation sites (N-methyl/N-ethyl adjacent to an activating group) is 1. The molecular formula is C13H28N2O2. The number of hydrogen-bond acceptors (Lipinski definition) is 4. The number of hydrogen-bond donors (Lipinski definition) is 1. The monoisotopic (exact) mass is 244 g/mol. The molecule has 1 heterocycles. The number of nitrogens with one attached hydrogen (secondary N) is 1. The van der Waals surface area contributed by atoms with Crippen molar-refractivity contribution in [1.82, 2.24) is 10.2 Å². The Balaban J connectivity index is 1.91. The SMILES string of the molecule is COCCCNCCN(C)CC1CCOCC1. The van der Waals surface area contributed by atoms with Crippen LogP contribution in [0.25, 0.3) is 0 Å². The average Bonchev–Trinajstić information content (AvgIpc) is 2.35. The standard InChI is InChI=1S/C13H28N2O2/c1-15(8-7-14-6-3-9-16-2)12-13-4-10-17-11-5-13/h13-14H,3-12H2,1-2H3. The van der Waals surface area contributed by atoms with E-state index < -0.39 is 0 Å². The normalized spacial score (nSPS) is 17.8. The van der Waals surface area contributed by atoms with Crippen LogP contribution in [0.4, 0.5) is 0 Å². The van der Waals surface area contributed by atoms with E-state index in [-0.39, 0.29) is 0 Å². The molecule has 0 aromatic carbocycles. The Kier molecular flexibility index (Phi) is 8.61. The van der Waals surface area contributed by atoms with E-state index in [1.165, 1.54) is 19.4 Å². The molecule has 0 saturated carbocycles. The lowest BCUT2D eigenvalue weighted by Gasteiger charge is -2.27. The van der Waals surface area contributed by atoms with Crippen LogP contribution in [0, 0.1) is 5.92 Å². The first kappa shape index (κ1) is 14.9. The van der Waals surface area contributed by atoms with Crippen molar-refractivity contribution >= 4 is 0 Å². The van der Waals surface area contributed by atoms with Gasteiger partial charge in [0, 0.05) is 46.6 Å². The van der Waals surface area contributed by atoms with Gasteiger partial charge >= 0.3 is 0 Å². The van der Waals surface area contributed by atoms with Crippen LogP contribution in [-0.4, -0.2) is 65.1 Å². The Labute approximate surface area is 106 Å². The number of ether oxygens (including phenoxy) is 2. The Morgan fingerprint density at radius 1 is 1.29 bits per heavy atom. The summed E-state index contributed by atoms with van der Waals surface area (Å²) in [5.74, 6) is 0.835. The fourth-order valence-corrected chi connectivity index (χ4v) is 2.20. The Morgan fingerprint density at radius 3 is 2.76 bits per heavy atom. The second-order valence-electron chi connectivity index (χ2n) is 4.91. The zero-order valence-electron chi connectivity index (χ0n) is 11.4. The summed E-state index contributed by atoms with van der Waals surface area (Å²) in [5.41, 5.74) is 0. The molecule has 4 heteroatoms. The predicted molar refractivity (Wildman–Crippen MR) is 70.4 cm³/mol. The average molecular weight is 244 g/mol. The number of methoxy groups -OCH3 is 1. The predicted octanol–water partition coefficient (Wildman–Crippen LogP) is 0.971. The molecule has 0 unspecified atom stereocenters. The third-order valence-corrected chi connectivity index (χ3v) is 3.28. The molecule has 1 N–H and O–H groups in total. The van der Waals surface area contributed by atoms with E-state index in [0.717, 1.165) is 51.8 Å². The highest BCUT2D eigenvalue weighted by molar-refractivity contribution is 4.67. The molecule has 1 fully saturated rings. The van der Waals surface area contributed by atoms with Crippen molar-refractivity contribution in [3.63, 3.8) is 0 Å². The van der Waals surface area contributed by atoms with Crippen molar-refractivity contribution in [3.05, 3.63) is 0 Å². The first-order chi connectivity index (χ1) is 8.33. The van der Waals surface area contributed by atoms with Gasteiger partial charge in [0.05, 0.1) is 0 Å². The highest BCUT2D eigenvalue weighted by atomic mass is 16.5. The van der Waals surface area contributed by atoms with E-state index in [9.17, 15) is 0 Å². The van der Waals surface area contributed by atoms with Crippen LogP contribution in [0.15, 0.2) is 0 Å². The molecule has 1 aliphatic heterocycles. The molecule has 0 bridgehead atoms. The van der Waals surface area contributed by atoms with Crippen molar-refractivity contribution < 1.29 is 9.47 Å². The highest BCUT2D eigenvalue weighted by Crippen LogP contribution is 2.15.